The second-order valence-electron chi connectivity index (χ2n) is 7.25. The van der Waals surface area contributed by atoms with Crippen molar-refractivity contribution in [3.8, 4) is 11.5 Å². The third kappa shape index (κ3) is 4.61. The highest BCUT2D eigenvalue weighted by molar-refractivity contribution is 6.30. The highest BCUT2D eigenvalue weighted by Gasteiger charge is 2.65. The van der Waals surface area contributed by atoms with Crippen LogP contribution in [0.2, 0.25) is 5.02 Å². The predicted molar refractivity (Wildman–Crippen MR) is 108 cm³/mol. The van der Waals surface area contributed by atoms with Crippen LogP contribution in [0.25, 0.3) is 0 Å². The van der Waals surface area contributed by atoms with Crippen molar-refractivity contribution in [2.24, 2.45) is 5.92 Å². The molecule has 3 rings (SSSR count). The van der Waals surface area contributed by atoms with Crippen LogP contribution in [0.15, 0.2) is 42.5 Å². The molecule has 1 aliphatic rings. The molecular formula is C21H20ClF3N2O5. The Kier molecular flexibility index (Phi) is 6.56. The molecule has 0 aromatic heterocycles. The van der Waals surface area contributed by atoms with Gasteiger partial charge in [-0.25, -0.2) is 4.79 Å². The van der Waals surface area contributed by atoms with Crippen LogP contribution in [0.5, 0.6) is 11.5 Å². The van der Waals surface area contributed by atoms with E-state index in [1.54, 1.807) is 24.3 Å². The van der Waals surface area contributed by atoms with E-state index < -0.39 is 35.7 Å². The molecule has 172 valence electrons. The lowest BCUT2D eigenvalue weighted by molar-refractivity contribution is -0.290. The van der Waals surface area contributed by atoms with E-state index in [1.807, 2.05) is 0 Å². The molecule has 3 N–H and O–H groups in total. The smallest absolute Gasteiger partial charge is 0.437 e. The van der Waals surface area contributed by atoms with E-state index in [0.29, 0.717) is 5.02 Å². The predicted octanol–water partition coefficient (Wildman–Crippen LogP) is 3.74. The van der Waals surface area contributed by atoms with Crippen LogP contribution in [-0.2, 0) is 11.4 Å². The van der Waals surface area contributed by atoms with Gasteiger partial charge in [-0.3, -0.25) is 4.79 Å². The fourth-order valence-corrected chi connectivity index (χ4v) is 3.67. The third-order valence-corrected chi connectivity index (χ3v) is 5.35. The van der Waals surface area contributed by atoms with Gasteiger partial charge in [-0.1, -0.05) is 29.8 Å². The van der Waals surface area contributed by atoms with Crippen LogP contribution in [0.1, 0.15) is 24.1 Å². The van der Waals surface area contributed by atoms with Gasteiger partial charge in [0.25, 0.3) is 0 Å². The Morgan fingerprint density at radius 2 is 1.84 bits per heavy atom. The highest BCUT2D eigenvalue weighted by atomic mass is 35.5. The van der Waals surface area contributed by atoms with Crippen molar-refractivity contribution in [3.63, 3.8) is 0 Å². The number of benzene rings is 2. The van der Waals surface area contributed by atoms with Crippen molar-refractivity contribution >= 4 is 23.4 Å². The first-order valence-corrected chi connectivity index (χ1v) is 9.77. The molecule has 0 spiro atoms. The average Bonchev–Trinajstić information content (AvgIpc) is 2.71. The summed E-state index contributed by atoms with van der Waals surface area (Å²) >= 11 is 5.85. The van der Waals surface area contributed by atoms with Gasteiger partial charge in [-0.2, -0.15) is 13.2 Å². The number of carbonyl (C=O) groups is 2. The molecule has 1 saturated heterocycles. The Bertz CT molecular complexity index is 1020. The summed E-state index contributed by atoms with van der Waals surface area (Å²) in [6, 6.07) is 8.38. The molecule has 2 aromatic carbocycles. The number of hydrogen-bond donors (Lipinski definition) is 3. The molecule has 2 aromatic rings. The Morgan fingerprint density at radius 3 is 2.41 bits per heavy atom. The van der Waals surface area contributed by atoms with Crippen LogP contribution in [0, 0.1) is 5.92 Å². The van der Waals surface area contributed by atoms with E-state index >= 15 is 0 Å². The Labute approximate surface area is 186 Å². The van der Waals surface area contributed by atoms with Crippen LogP contribution in [0.4, 0.5) is 18.0 Å². The summed E-state index contributed by atoms with van der Waals surface area (Å²) in [5.41, 5.74) is -2.79. The maximum Gasteiger partial charge on any atom is 0.437 e. The van der Waals surface area contributed by atoms with Crippen LogP contribution >= 0.6 is 11.6 Å². The third-order valence-electron chi connectivity index (χ3n) is 5.10. The molecule has 0 radical (unpaired) electrons. The second kappa shape index (κ2) is 8.87. The van der Waals surface area contributed by atoms with E-state index in [4.69, 9.17) is 21.1 Å². The average molecular weight is 473 g/mol. The van der Waals surface area contributed by atoms with Gasteiger partial charge in [0.2, 0.25) is 5.72 Å². The number of carbonyl (C=O) groups excluding carboxylic acids is 2. The van der Waals surface area contributed by atoms with Crippen molar-refractivity contribution < 1.29 is 37.3 Å². The normalized spacial score (nSPS) is 23.2. The Hall–Kier alpha value is -2.98. The number of ether oxygens (including phenoxy) is 2. The minimum absolute atomic E-state index is 0.124. The number of urea groups is 1. The number of aliphatic hydroxyl groups is 1. The first-order valence-electron chi connectivity index (χ1n) is 9.39. The molecule has 32 heavy (non-hydrogen) atoms. The number of hydrogen-bond acceptors (Lipinski definition) is 5. The minimum atomic E-state index is -5.29. The lowest BCUT2D eigenvalue weighted by Crippen LogP contribution is -2.72. The maximum atomic E-state index is 13.6. The number of rotatable bonds is 6. The molecule has 11 heteroatoms. The van der Waals surface area contributed by atoms with E-state index in [-0.39, 0.29) is 23.7 Å². The fraction of sp³-hybridized carbons (Fsp3) is 0.333. The molecule has 2 amide bonds. The molecular weight excluding hydrogens is 453 g/mol. The standard InChI is InChI=1S/C21H20ClF3N2O5/c1-11(28)17-18(26-19(29)27-20(17,30)21(23,24)25)13-5-8-15(16(9-13)31-2)32-10-12-3-6-14(22)7-4-12/h3-9,17-18,30H,10H2,1-2H3,(H2,26,27,29). The van der Waals surface area contributed by atoms with Gasteiger partial charge in [-0.15, -0.1) is 0 Å². The number of alkyl halides is 3. The minimum Gasteiger partial charge on any atom is -0.493 e. The summed E-state index contributed by atoms with van der Waals surface area (Å²) in [7, 11) is 1.34. The lowest BCUT2D eigenvalue weighted by Gasteiger charge is -2.44. The molecule has 3 atom stereocenters. The Balaban J connectivity index is 1.92. The number of halogens is 4. The topological polar surface area (TPSA) is 96.9 Å². The van der Waals surface area contributed by atoms with Crippen LogP contribution in [-0.4, -0.2) is 35.9 Å². The monoisotopic (exact) mass is 472 g/mol. The number of Topliss-reactive ketones (excluding diaryl/α,β-unsaturated/α-hetero) is 1. The quantitative estimate of drug-likeness (QED) is 0.595. The van der Waals surface area contributed by atoms with Crippen molar-refractivity contribution in [1.82, 2.24) is 10.6 Å². The number of ketones is 1. The van der Waals surface area contributed by atoms with Gasteiger partial charge < -0.3 is 25.2 Å². The molecule has 0 aliphatic carbocycles. The van der Waals surface area contributed by atoms with Gasteiger partial charge in [0.1, 0.15) is 12.4 Å². The van der Waals surface area contributed by atoms with Crippen molar-refractivity contribution in [3.05, 3.63) is 58.6 Å². The molecule has 0 saturated carbocycles. The van der Waals surface area contributed by atoms with Crippen LogP contribution in [0.3, 0.4) is 0 Å². The summed E-state index contributed by atoms with van der Waals surface area (Å²) < 4.78 is 51.8. The summed E-state index contributed by atoms with van der Waals surface area (Å²) in [5, 5.41) is 14.6. The summed E-state index contributed by atoms with van der Waals surface area (Å²) in [6.07, 6.45) is -5.29. The number of nitrogens with one attached hydrogen (secondary N) is 2. The summed E-state index contributed by atoms with van der Waals surface area (Å²) in [4.78, 5) is 24.1. The van der Waals surface area contributed by atoms with Gasteiger partial charge in [0.15, 0.2) is 11.5 Å². The summed E-state index contributed by atoms with van der Waals surface area (Å²) in [6.45, 7) is 1.08. The van der Waals surface area contributed by atoms with E-state index in [2.05, 4.69) is 5.32 Å². The zero-order chi connectivity index (χ0) is 23.7. The largest absolute Gasteiger partial charge is 0.493 e. The van der Waals surface area contributed by atoms with Crippen molar-refractivity contribution in [2.45, 2.75) is 31.5 Å². The van der Waals surface area contributed by atoms with Gasteiger partial charge in [-0.05, 0) is 42.3 Å². The van der Waals surface area contributed by atoms with Gasteiger partial charge in [0.05, 0.1) is 19.1 Å². The first kappa shape index (κ1) is 23.7. The maximum absolute atomic E-state index is 13.6. The van der Waals surface area contributed by atoms with Crippen LogP contribution < -0.4 is 20.1 Å². The van der Waals surface area contributed by atoms with E-state index in [9.17, 15) is 27.9 Å². The second-order valence-corrected chi connectivity index (χ2v) is 7.69. The molecule has 3 unspecified atom stereocenters. The van der Waals surface area contributed by atoms with E-state index in [0.717, 1.165) is 12.5 Å². The fourth-order valence-electron chi connectivity index (χ4n) is 3.54. The van der Waals surface area contributed by atoms with E-state index in [1.165, 1.54) is 30.6 Å². The van der Waals surface area contributed by atoms with Gasteiger partial charge >= 0.3 is 12.2 Å². The molecule has 7 nitrogen and oxygen atoms in total. The molecule has 1 aliphatic heterocycles. The number of amides is 2. The molecule has 1 heterocycles. The zero-order valence-corrected chi connectivity index (χ0v) is 17.8. The Morgan fingerprint density at radius 1 is 1.19 bits per heavy atom. The summed E-state index contributed by atoms with van der Waals surface area (Å²) in [5.74, 6) is -2.55. The van der Waals surface area contributed by atoms with Crippen molar-refractivity contribution in [1.29, 1.82) is 0 Å². The SMILES string of the molecule is COc1cc(C2NC(=O)NC(O)(C(F)(F)F)C2C(C)=O)ccc1OCc1ccc(Cl)cc1. The molecule has 0 bridgehead atoms. The first-order chi connectivity index (χ1) is 15.0. The van der Waals surface area contributed by atoms with Crippen molar-refractivity contribution in [2.75, 3.05) is 7.11 Å². The van der Waals surface area contributed by atoms with Gasteiger partial charge in [0, 0.05) is 5.02 Å². The lowest BCUT2D eigenvalue weighted by atomic mass is 9.79. The zero-order valence-electron chi connectivity index (χ0n) is 17.0. The highest BCUT2D eigenvalue weighted by Crippen LogP contribution is 2.44. The molecule has 1 fully saturated rings. The number of methoxy groups -OCH3 is 1.